The molecule has 0 amide bonds. The zero-order chi connectivity index (χ0) is 13.3. The first-order valence-corrected chi connectivity index (χ1v) is 5.23. The first-order valence-electron chi connectivity index (χ1n) is 3.83. The maximum Gasteiger partial charge on any atom is 0.394 e. The molecule has 10 nitrogen and oxygen atoms in total. The second-order valence-corrected chi connectivity index (χ2v) is 3.23. The molecule has 2 heterocycles. The van der Waals surface area contributed by atoms with Gasteiger partial charge in [0.1, 0.15) is 12.7 Å². The van der Waals surface area contributed by atoms with Crippen LogP contribution in [0.15, 0.2) is 37.4 Å². The Morgan fingerprint density at radius 3 is 1.24 bits per heavy atom. The van der Waals surface area contributed by atoms with Gasteiger partial charge >= 0.3 is 10.4 Å². The third-order valence-corrected chi connectivity index (χ3v) is 0.981. The number of hydrogen-bond donors (Lipinski definition) is 4. The third kappa shape index (κ3) is 13.9. The molecule has 11 heteroatoms. The van der Waals surface area contributed by atoms with Crippen molar-refractivity contribution in [3.05, 3.63) is 37.4 Å². The summed E-state index contributed by atoms with van der Waals surface area (Å²) in [4.78, 5) is 7.07. The van der Waals surface area contributed by atoms with E-state index in [1.807, 2.05) is 0 Å². The summed E-state index contributed by atoms with van der Waals surface area (Å²) in [7, 11) is -4.67. The third-order valence-electron chi connectivity index (χ3n) is 0.981. The summed E-state index contributed by atoms with van der Waals surface area (Å²) in [6.45, 7) is 0. The highest BCUT2D eigenvalue weighted by molar-refractivity contribution is 7.79. The molecule has 2 aromatic heterocycles. The fourth-order valence-electron chi connectivity index (χ4n) is 0.504. The first kappa shape index (κ1) is 14.9. The highest BCUT2D eigenvalue weighted by Gasteiger charge is 1.84. The molecule has 96 valence electrons. The molecule has 0 unspecified atom stereocenters. The lowest BCUT2D eigenvalue weighted by molar-refractivity contribution is 0.185. The molecule has 0 atom stereocenters. The van der Waals surface area contributed by atoms with Crippen LogP contribution in [0.25, 0.3) is 0 Å². The minimum atomic E-state index is -4.67. The standard InChI is InChI=1S/2C3H4N2O.H2O4S/c2*6-5-2-1-4-3-5;1-5(2,3)4/h2*1-3,6H;(H2,1,2,3,4). The number of aromatic nitrogens is 4. The lowest BCUT2D eigenvalue weighted by Gasteiger charge is -1.77. The van der Waals surface area contributed by atoms with Crippen LogP contribution >= 0.6 is 0 Å². The highest BCUT2D eigenvalue weighted by Crippen LogP contribution is 1.73. The Balaban J connectivity index is 0.000000228. The van der Waals surface area contributed by atoms with E-state index in [1.165, 1.54) is 37.4 Å². The summed E-state index contributed by atoms with van der Waals surface area (Å²) >= 11 is 0. The number of rotatable bonds is 0. The van der Waals surface area contributed by atoms with Gasteiger partial charge in [0.05, 0.1) is 12.4 Å². The monoisotopic (exact) mass is 266 g/mol. The Hall–Kier alpha value is -2.11. The van der Waals surface area contributed by atoms with Crippen molar-refractivity contribution < 1.29 is 27.9 Å². The maximum absolute atomic E-state index is 8.74. The van der Waals surface area contributed by atoms with Gasteiger partial charge in [0.15, 0.2) is 0 Å². The van der Waals surface area contributed by atoms with E-state index >= 15 is 0 Å². The smallest absolute Gasteiger partial charge is 0.394 e. The van der Waals surface area contributed by atoms with E-state index in [-0.39, 0.29) is 0 Å². The average Bonchev–Trinajstić information content (AvgIpc) is 2.76. The van der Waals surface area contributed by atoms with Crippen LogP contribution in [0.1, 0.15) is 0 Å². The lowest BCUT2D eigenvalue weighted by atomic mass is 11.0. The summed E-state index contributed by atoms with van der Waals surface area (Å²) in [5.74, 6) is 0. The van der Waals surface area contributed by atoms with E-state index in [9.17, 15) is 0 Å². The molecule has 0 aliphatic rings. The van der Waals surface area contributed by atoms with Gasteiger partial charge in [-0.2, -0.15) is 17.9 Å². The fourth-order valence-corrected chi connectivity index (χ4v) is 0.504. The van der Waals surface area contributed by atoms with Gasteiger partial charge in [-0.1, -0.05) is 0 Å². The summed E-state index contributed by atoms with van der Waals surface area (Å²) < 4.78 is 33.4. The van der Waals surface area contributed by atoms with E-state index in [1.54, 1.807) is 0 Å². The van der Waals surface area contributed by atoms with E-state index in [4.69, 9.17) is 27.9 Å². The van der Waals surface area contributed by atoms with Crippen LogP contribution in [-0.4, -0.2) is 47.4 Å². The van der Waals surface area contributed by atoms with Crippen molar-refractivity contribution in [3.63, 3.8) is 0 Å². The summed E-state index contributed by atoms with van der Waals surface area (Å²) in [5.41, 5.74) is 0. The van der Waals surface area contributed by atoms with Crippen molar-refractivity contribution >= 4 is 10.4 Å². The van der Waals surface area contributed by atoms with Gasteiger partial charge in [-0.25, -0.2) is 9.97 Å². The predicted molar refractivity (Wildman–Crippen MR) is 53.0 cm³/mol. The first-order chi connectivity index (χ1) is 7.79. The maximum atomic E-state index is 8.74. The lowest BCUT2D eigenvalue weighted by Crippen LogP contribution is -1.89. The van der Waals surface area contributed by atoms with E-state index < -0.39 is 10.4 Å². The number of nitrogens with zero attached hydrogens (tertiary/aromatic N) is 4. The molecule has 0 aromatic carbocycles. The second kappa shape index (κ2) is 7.21. The Morgan fingerprint density at radius 1 is 0.882 bits per heavy atom. The number of imidazole rings is 2. The molecule has 4 N–H and O–H groups in total. The van der Waals surface area contributed by atoms with Crippen molar-refractivity contribution in [2.75, 3.05) is 0 Å². The SMILES string of the molecule is O=S(=O)(O)O.On1ccnc1.On1ccnc1. The van der Waals surface area contributed by atoms with E-state index in [0.29, 0.717) is 0 Å². The Morgan fingerprint density at radius 2 is 1.18 bits per heavy atom. The van der Waals surface area contributed by atoms with Crippen molar-refractivity contribution in [1.82, 2.24) is 19.4 Å². The molecule has 0 aliphatic carbocycles. The predicted octanol–water partition coefficient (Wildman–Crippen LogP) is -0.412. The van der Waals surface area contributed by atoms with Crippen LogP contribution in [0, 0.1) is 0 Å². The number of hydrogen-bond acceptors (Lipinski definition) is 6. The average molecular weight is 266 g/mol. The minimum absolute atomic E-state index is 0.889. The molecule has 0 saturated carbocycles. The van der Waals surface area contributed by atoms with Crippen molar-refractivity contribution in [2.24, 2.45) is 0 Å². The summed E-state index contributed by atoms with van der Waals surface area (Å²) in [6, 6.07) is 0. The topological polar surface area (TPSA) is 151 Å². The zero-order valence-electron chi connectivity index (χ0n) is 8.27. The van der Waals surface area contributed by atoms with Gasteiger partial charge in [0.2, 0.25) is 0 Å². The Bertz CT molecular complexity index is 438. The van der Waals surface area contributed by atoms with Gasteiger partial charge in [-0.3, -0.25) is 9.11 Å². The molecule has 2 rings (SSSR count). The largest absolute Gasteiger partial charge is 0.427 e. The molecular weight excluding hydrogens is 256 g/mol. The van der Waals surface area contributed by atoms with Crippen molar-refractivity contribution in [1.29, 1.82) is 0 Å². The highest BCUT2D eigenvalue weighted by atomic mass is 32.3. The Kier molecular flexibility index (Phi) is 6.32. The summed E-state index contributed by atoms with van der Waals surface area (Å²) in [5, 5.41) is 16.7. The molecule has 0 fully saturated rings. The molecule has 0 bridgehead atoms. The van der Waals surface area contributed by atoms with Crippen LogP contribution in [0.5, 0.6) is 0 Å². The van der Waals surface area contributed by atoms with Crippen LogP contribution in [-0.2, 0) is 10.4 Å². The van der Waals surface area contributed by atoms with Crippen LogP contribution < -0.4 is 0 Å². The van der Waals surface area contributed by atoms with Gasteiger partial charge in [0.25, 0.3) is 0 Å². The van der Waals surface area contributed by atoms with Crippen LogP contribution in [0.4, 0.5) is 0 Å². The zero-order valence-corrected chi connectivity index (χ0v) is 9.08. The molecular formula is C6H10N4O6S. The van der Waals surface area contributed by atoms with Gasteiger partial charge < -0.3 is 10.4 Å². The molecule has 0 aliphatic heterocycles. The summed E-state index contributed by atoms with van der Waals surface area (Å²) in [6.07, 6.45) is 8.50. The van der Waals surface area contributed by atoms with E-state index in [0.717, 1.165) is 9.46 Å². The van der Waals surface area contributed by atoms with Gasteiger partial charge in [-0.15, -0.1) is 0 Å². The van der Waals surface area contributed by atoms with Gasteiger partial charge in [-0.05, 0) is 0 Å². The molecule has 0 saturated heterocycles. The fraction of sp³-hybridized carbons (Fsp3) is 0. The van der Waals surface area contributed by atoms with Gasteiger partial charge in [0, 0.05) is 12.4 Å². The quantitative estimate of drug-likeness (QED) is 0.371. The Labute approximate surface area is 95.9 Å². The minimum Gasteiger partial charge on any atom is -0.427 e. The van der Waals surface area contributed by atoms with E-state index in [2.05, 4.69) is 9.97 Å². The van der Waals surface area contributed by atoms with Crippen LogP contribution in [0.2, 0.25) is 0 Å². The molecule has 0 radical (unpaired) electrons. The normalized spacial score (nSPS) is 9.53. The second-order valence-electron chi connectivity index (χ2n) is 2.33. The van der Waals surface area contributed by atoms with Crippen molar-refractivity contribution in [2.45, 2.75) is 0 Å². The molecule has 0 spiro atoms. The molecule has 2 aromatic rings. The van der Waals surface area contributed by atoms with Crippen LogP contribution in [0.3, 0.4) is 0 Å². The van der Waals surface area contributed by atoms with Crippen molar-refractivity contribution in [3.8, 4) is 0 Å². The molecule has 17 heavy (non-hydrogen) atoms.